The summed E-state index contributed by atoms with van der Waals surface area (Å²) in [6.07, 6.45) is 0. The van der Waals surface area contributed by atoms with Crippen LogP contribution in [0.3, 0.4) is 0 Å². The maximum absolute atomic E-state index is 14.3. The summed E-state index contributed by atoms with van der Waals surface area (Å²) in [4.78, 5) is 23.8. The molecule has 0 saturated carbocycles. The van der Waals surface area contributed by atoms with Crippen molar-refractivity contribution in [3.8, 4) is 0 Å². The Morgan fingerprint density at radius 2 is 1.84 bits per heavy atom. The first-order valence-corrected chi connectivity index (χ1v) is 11.6. The van der Waals surface area contributed by atoms with Crippen LogP contribution in [0.2, 0.25) is 5.02 Å². The number of carbonyl (C=O) groups excluding carboxylic acids is 1. The third-order valence-corrected chi connectivity index (χ3v) is 7.43. The number of aryl methyl sites for hydroxylation is 1. The van der Waals surface area contributed by atoms with Crippen molar-refractivity contribution in [2.45, 2.75) is 32.3 Å². The Hall–Kier alpha value is -2.75. The summed E-state index contributed by atoms with van der Waals surface area (Å²) in [5, 5.41) is 0.945. The average molecular weight is 482 g/mol. The Balaban J connectivity index is 1.91. The van der Waals surface area contributed by atoms with Crippen LogP contribution >= 0.6 is 11.6 Å². The van der Waals surface area contributed by atoms with Crippen molar-refractivity contribution in [1.82, 2.24) is 4.31 Å². The highest BCUT2D eigenvalue weighted by molar-refractivity contribution is 7.89. The van der Waals surface area contributed by atoms with Crippen molar-refractivity contribution in [1.29, 1.82) is 0 Å². The minimum absolute atomic E-state index is 0.140. The fourth-order valence-electron chi connectivity index (χ4n) is 3.22. The number of benzene rings is 2. The summed E-state index contributed by atoms with van der Waals surface area (Å²) in [6.45, 7) is 5.02. The number of esters is 1. The predicted octanol–water partition coefficient (Wildman–Crippen LogP) is 4.28. The number of hydrogen-bond acceptors (Lipinski definition) is 6. The molecule has 0 atom stereocenters. The van der Waals surface area contributed by atoms with Crippen molar-refractivity contribution in [2.75, 3.05) is 13.1 Å². The van der Waals surface area contributed by atoms with E-state index >= 15 is 0 Å². The largest absolute Gasteiger partial charge is 0.457 e. The third-order valence-electron chi connectivity index (χ3n) is 4.96. The molecule has 0 amide bonds. The molecule has 0 aliphatic rings. The first-order chi connectivity index (χ1) is 15.1. The topological polar surface area (TPSA) is 93.9 Å². The number of rotatable bonds is 7. The van der Waals surface area contributed by atoms with E-state index in [0.29, 0.717) is 27.1 Å². The zero-order valence-electron chi connectivity index (χ0n) is 17.6. The average Bonchev–Trinajstić information content (AvgIpc) is 2.74. The first-order valence-electron chi connectivity index (χ1n) is 9.78. The van der Waals surface area contributed by atoms with Gasteiger partial charge in [-0.1, -0.05) is 25.4 Å². The van der Waals surface area contributed by atoms with Crippen LogP contribution in [0.25, 0.3) is 11.0 Å². The molecule has 0 fully saturated rings. The van der Waals surface area contributed by atoms with Crippen LogP contribution in [0.1, 0.15) is 35.3 Å². The normalized spacial score (nSPS) is 11.8. The van der Waals surface area contributed by atoms with Gasteiger partial charge in [-0.15, -0.1) is 0 Å². The molecule has 1 heterocycles. The lowest BCUT2D eigenvalue weighted by atomic mass is 10.1. The molecule has 1 aromatic heterocycles. The quantitative estimate of drug-likeness (QED) is 0.369. The molecule has 0 N–H and O–H groups in total. The van der Waals surface area contributed by atoms with E-state index in [1.807, 2.05) is 0 Å². The molecular formula is C22H21ClFNO6S. The van der Waals surface area contributed by atoms with Crippen molar-refractivity contribution >= 4 is 38.6 Å². The van der Waals surface area contributed by atoms with Gasteiger partial charge in [-0.3, -0.25) is 0 Å². The molecule has 0 bridgehead atoms. The lowest BCUT2D eigenvalue weighted by Crippen LogP contribution is -2.31. The molecule has 0 spiro atoms. The van der Waals surface area contributed by atoms with Crippen molar-refractivity contribution in [3.05, 3.63) is 74.3 Å². The van der Waals surface area contributed by atoms with Gasteiger partial charge in [0.2, 0.25) is 10.0 Å². The second kappa shape index (κ2) is 9.40. The zero-order valence-corrected chi connectivity index (χ0v) is 19.2. The summed E-state index contributed by atoms with van der Waals surface area (Å²) in [6, 6.07) is 7.38. The van der Waals surface area contributed by atoms with E-state index < -0.39 is 32.3 Å². The smallest absolute Gasteiger partial charge is 0.338 e. The van der Waals surface area contributed by atoms with E-state index in [4.69, 9.17) is 20.8 Å². The summed E-state index contributed by atoms with van der Waals surface area (Å²) in [5.74, 6) is -1.84. The summed E-state index contributed by atoms with van der Waals surface area (Å²) >= 11 is 6.16. The lowest BCUT2D eigenvalue weighted by molar-refractivity contribution is 0.0473. The van der Waals surface area contributed by atoms with Crippen LogP contribution in [0, 0.1) is 12.7 Å². The van der Waals surface area contributed by atoms with Gasteiger partial charge >= 0.3 is 11.6 Å². The molecule has 7 nitrogen and oxygen atoms in total. The van der Waals surface area contributed by atoms with Crippen LogP contribution in [-0.2, 0) is 21.4 Å². The molecule has 0 aliphatic heterocycles. The predicted molar refractivity (Wildman–Crippen MR) is 118 cm³/mol. The van der Waals surface area contributed by atoms with Gasteiger partial charge in [-0.2, -0.15) is 4.31 Å². The molecule has 3 aromatic rings. The van der Waals surface area contributed by atoms with Crippen LogP contribution in [0.4, 0.5) is 4.39 Å². The standard InChI is InChI=1S/C22H21ClFNO6S/c1-4-25(5-2)32(28,29)20-9-14(6-7-18(20)24)22(27)30-12-15-10-21(26)31-19-8-13(3)17(23)11-16(15)19/h6-11H,4-5,12H2,1-3H3. The Morgan fingerprint density at radius 3 is 2.50 bits per heavy atom. The molecule has 170 valence electrons. The third kappa shape index (κ3) is 4.69. The van der Waals surface area contributed by atoms with E-state index in [-0.39, 0.29) is 25.3 Å². The Kier molecular flexibility index (Phi) is 7.02. The fourth-order valence-corrected chi connectivity index (χ4v) is 4.94. The van der Waals surface area contributed by atoms with Gasteiger partial charge in [0.25, 0.3) is 0 Å². The molecule has 32 heavy (non-hydrogen) atoms. The van der Waals surface area contributed by atoms with Gasteiger partial charge in [0.1, 0.15) is 22.9 Å². The van der Waals surface area contributed by atoms with Gasteiger partial charge in [-0.05, 0) is 42.8 Å². The van der Waals surface area contributed by atoms with E-state index in [1.165, 1.54) is 6.07 Å². The van der Waals surface area contributed by atoms with Crippen molar-refractivity contribution < 1.29 is 26.8 Å². The molecule has 3 rings (SSSR count). The minimum Gasteiger partial charge on any atom is -0.457 e. The van der Waals surface area contributed by atoms with Gasteiger partial charge in [-0.25, -0.2) is 22.4 Å². The molecule has 0 radical (unpaired) electrons. The Labute approximate surface area is 189 Å². The monoisotopic (exact) mass is 481 g/mol. The maximum Gasteiger partial charge on any atom is 0.338 e. The van der Waals surface area contributed by atoms with Crippen LogP contribution in [-0.4, -0.2) is 31.8 Å². The highest BCUT2D eigenvalue weighted by atomic mass is 35.5. The maximum atomic E-state index is 14.3. The zero-order chi connectivity index (χ0) is 23.6. The summed E-state index contributed by atoms with van der Waals surface area (Å²) in [5.41, 5.74) is 0.604. The molecule has 0 unspecified atom stereocenters. The van der Waals surface area contributed by atoms with E-state index in [0.717, 1.165) is 22.5 Å². The number of nitrogens with zero attached hydrogens (tertiary/aromatic N) is 1. The Morgan fingerprint density at radius 1 is 1.16 bits per heavy atom. The highest BCUT2D eigenvalue weighted by Crippen LogP contribution is 2.26. The highest BCUT2D eigenvalue weighted by Gasteiger charge is 2.26. The van der Waals surface area contributed by atoms with Crippen molar-refractivity contribution in [2.24, 2.45) is 0 Å². The second-order valence-electron chi connectivity index (χ2n) is 7.00. The van der Waals surface area contributed by atoms with Gasteiger partial charge in [0.15, 0.2) is 0 Å². The van der Waals surface area contributed by atoms with Crippen molar-refractivity contribution in [3.63, 3.8) is 0 Å². The van der Waals surface area contributed by atoms with Crippen LogP contribution in [0.15, 0.2) is 50.5 Å². The molecule has 10 heteroatoms. The number of ether oxygens (including phenoxy) is 1. The number of carbonyl (C=O) groups is 1. The SMILES string of the molecule is CCN(CC)S(=O)(=O)c1cc(C(=O)OCc2cc(=O)oc3cc(C)c(Cl)cc23)ccc1F. The van der Waals surface area contributed by atoms with E-state index in [1.54, 1.807) is 32.9 Å². The summed E-state index contributed by atoms with van der Waals surface area (Å²) in [7, 11) is -4.12. The van der Waals surface area contributed by atoms with Gasteiger partial charge in [0.05, 0.1) is 5.56 Å². The number of halogens is 2. The number of hydrogen-bond donors (Lipinski definition) is 0. The second-order valence-corrected chi connectivity index (χ2v) is 9.31. The first kappa shape index (κ1) is 23.9. The minimum atomic E-state index is -4.12. The van der Waals surface area contributed by atoms with Crippen LogP contribution < -0.4 is 5.63 Å². The van der Waals surface area contributed by atoms with Gasteiger partial charge < -0.3 is 9.15 Å². The number of sulfonamides is 1. The van der Waals surface area contributed by atoms with E-state index in [9.17, 15) is 22.4 Å². The number of fused-ring (bicyclic) bond motifs is 1. The summed E-state index contributed by atoms with van der Waals surface area (Å²) < 4.78 is 51.2. The van der Waals surface area contributed by atoms with E-state index in [2.05, 4.69) is 0 Å². The fraction of sp³-hybridized carbons (Fsp3) is 0.273. The molecule has 0 saturated heterocycles. The molecular weight excluding hydrogens is 461 g/mol. The molecule has 0 aliphatic carbocycles. The lowest BCUT2D eigenvalue weighted by Gasteiger charge is -2.19. The molecule has 2 aromatic carbocycles. The van der Waals surface area contributed by atoms with Crippen LogP contribution in [0.5, 0.6) is 0 Å². The Bertz CT molecular complexity index is 1350. The van der Waals surface area contributed by atoms with Gasteiger partial charge in [0, 0.05) is 35.1 Å².